The van der Waals surface area contributed by atoms with E-state index in [-0.39, 0.29) is 0 Å². The molecular weight excluding hydrogens is 335 g/mol. The summed E-state index contributed by atoms with van der Waals surface area (Å²) in [5.74, 6) is 0. The third-order valence-electron chi connectivity index (χ3n) is 2.69. The summed E-state index contributed by atoms with van der Waals surface area (Å²) >= 11 is 15.1. The highest BCUT2D eigenvalue weighted by Gasteiger charge is 2.11. The zero-order valence-corrected chi connectivity index (χ0v) is 13.7. The van der Waals surface area contributed by atoms with Crippen LogP contribution >= 0.6 is 46.7 Å². The van der Waals surface area contributed by atoms with E-state index in [0.29, 0.717) is 31.4 Å². The smallest absolute Gasteiger partial charge is 0.161 e. The number of hydrogen-bond acceptors (Lipinski definition) is 6. The van der Waals surface area contributed by atoms with Gasteiger partial charge in [0.25, 0.3) is 0 Å². The normalized spacial score (nSPS) is 11.4. The van der Waals surface area contributed by atoms with Gasteiger partial charge in [-0.05, 0) is 24.6 Å². The Morgan fingerprint density at radius 2 is 1.05 bits per heavy atom. The second kappa shape index (κ2) is 5.52. The van der Waals surface area contributed by atoms with Crippen LogP contribution in [0.15, 0.2) is 22.2 Å². The fourth-order valence-electron chi connectivity index (χ4n) is 1.79. The Morgan fingerprint density at radius 3 is 1.40 bits per heavy atom. The molecule has 0 atom stereocenters. The summed E-state index contributed by atoms with van der Waals surface area (Å²) < 4.78 is 0. The quantitative estimate of drug-likeness (QED) is 0.510. The second-order valence-electron chi connectivity index (χ2n) is 3.88. The molecule has 102 valence electrons. The first kappa shape index (κ1) is 14.1. The Labute approximate surface area is 133 Å². The maximum absolute atomic E-state index is 6.08. The summed E-state index contributed by atoms with van der Waals surface area (Å²) in [6.07, 6.45) is 3.81. The van der Waals surface area contributed by atoms with Crippen LogP contribution in [0.5, 0.6) is 0 Å². The van der Waals surface area contributed by atoms with E-state index in [1.807, 2.05) is 24.6 Å². The standard InChI is InChI=1S/C12H8Cl2N4S2/c1-19-11-9(13)15-5-4-8-6(3-7(5)17-11)16-10(14)12(18-8)20-2/h3-4H,1-2H3. The van der Waals surface area contributed by atoms with Gasteiger partial charge in [0.05, 0.1) is 22.1 Å². The highest BCUT2D eigenvalue weighted by Crippen LogP contribution is 2.28. The van der Waals surface area contributed by atoms with Crippen molar-refractivity contribution in [2.45, 2.75) is 10.1 Å². The van der Waals surface area contributed by atoms with E-state index >= 15 is 0 Å². The van der Waals surface area contributed by atoms with Crippen molar-refractivity contribution < 1.29 is 0 Å². The molecule has 0 radical (unpaired) electrons. The molecule has 1 aromatic carbocycles. The number of benzene rings is 1. The molecule has 0 aliphatic heterocycles. The summed E-state index contributed by atoms with van der Waals surface area (Å²) in [5, 5.41) is 2.18. The molecule has 0 aliphatic carbocycles. The molecule has 0 fully saturated rings. The summed E-state index contributed by atoms with van der Waals surface area (Å²) in [6.45, 7) is 0. The Bertz CT molecular complexity index is 756. The number of nitrogens with zero attached hydrogens (tertiary/aromatic N) is 4. The first-order valence-corrected chi connectivity index (χ1v) is 8.75. The Kier molecular flexibility index (Phi) is 3.90. The third-order valence-corrected chi connectivity index (χ3v) is 4.79. The van der Waals surface area contributed by atoms with Gasteiger partial charge in [0, 0.05) is 0 Å². The lowest BCUT2D eigenvalue weighted by atomic mass is 10.2. The molecule has 0 unspecified atom stereocenters. The van der Waals surface area contributed by atoms with Crippen molar-refractivity contribution in [2.75, 3.05) is 12.5 Å². The number of halogens is 2. The molecule has 20 heavy (non-hydrogen) atoms. The highest BCUT2D eigenvalue weighted by molar-refractivity contribution is 7.98. The molecule has 2 aromatic heterocycles. The van der Waals surface area contributed by atoms with E-state index in [9.17, 15) is 0 Å². The highest BCUT2D eigenvalue weighted by atomic mass is 35.5. The fourth-order valence-corrected chi connectivity index (χ4v) is 3.33. The minimum atomic E-state index is 0.399. The van der Waals surface area contributed by atoms with Crippen molar-refractivity contribution in [3.8, 4) is 0 Å². The molecule has 3 aromatic rings. The van der Waals surface area contributed by atoms with Gasteiger partial charge in [-0.25, -0.2) is 19.9 Å². The van der Waals surface area contributed by atoms with Gasteiger partial charge >= 0.3 is 0 Å². The van der Waals surface area contributed by atoms with Crippen molar-refractivity contribution in [1.82, 2.24) is 19.9 Å². The topological polar surface area (TPSA) is 51.6 Å². The molecule has 8 heteroatoms. The van der Waals surface area contributed by atoms with E-state index in [4.69, 9.17) is 23.2 Å². The van der Waals surface area contributed by atoms with E-state index in [1.54, 1.807) is 0 Å². The molecule has 0 amide bonds. The number of thioether (sulfide) groups is 2. The average Bonchev–Trinajstić information content (AvgIpc) is 2.44. The van der Waals surface area contributed by atoms with Crippen LogP contribution in [-0.2, 0) is 0 Å². The van der Waals surface area contributed by atoms with E-state index in [0.717, 1.165) is 11.0 Å². The van der Waals surface area contributed by atoms with Crippen molar-refractivity contribution in [2.24, 2.45) is 0 Å². The van der Waals surface area contributed by atoms with E-state index in [1.165, 1.54) is 23.5 Å². The summed E-state index contributed by atoms with van der Waals surface area (Å²) in [6, 6.07) is 3.66. The molecule has 0 bridgehead atoms. The van der Waals surface area contributed by atoms with Crippen LogP contribution in [0.25, 0.3) is 22.1 Å². The number of rotatable bonds is 2. The van der Waals surface area contributed by atoms with Gasteiger partial charge in [0.1, 0.15) is 10.1 Å². The lowest BCUT2D eigenvalue weighted by Gasteiger charge is -2.05. The first-order chi connectivity index (χ1) is 9.62. The zero-order valence-electron chi connectivity index (χ0n) is 10.5. The monoisotopic (exact) mass is 342 g/mol. The summed E-state index contributed by atoms with van der Waals surface area (Å²) in [5.41, 5.74) is 2.86. The van der Waals surface area contributed by atoms with Crippen LogP contribution in [0.3, 0.4) is 0 Å². The van der Waals surface area contributed by atoms with E-state index < -0.39 is 0 Å². The fraction of sp³-hybridized carbons (Fsp3) is 0.167. The number of fused-ring (bicyclic) bond motifs is 2. The minimum Gasteiger partial charge on any atom is -0.236 e. The van der Waals surface area contributed by atoms with Gasteiger partial charge in [0.2, 0.25) is 0 Å². The molecule has 2 heterocycles. The summed E-state index contributed by atoms with van der Waals surface area (Å²) in [4.78, 5) is 17.6. The zero-order chi connectivity index (χ0) is 14.3. The van der Waals surface area contributed by atoms with Crippen molar-refractivity contribution in [3.05, 3.63) is 22.4 Å². The number of aromatic nitrogens is 4. The van der Waals surface area contributed by atoms with Crippen molar-refractivity contribution in [3.63, 3.8) is 0 Å². The Balaban J connectivity index is 2.34. The predicted molar refractivity (Wildman–Crippen MR) is 86.2 cm³/mol. The van der Waals surface area contributed by atoms with Gasteiger partial charge in [-0.2, -0.15) is 0 Å². The number of hydrogen-bond donors (Lipinski definition) is 0. The van der Waals surface area contributed by atoms with Gasteiger partial charge in [-0.1, -0.05) is 23.2 Å². The second-order valence-corrected chi connectivity index (χ2v) is 6.18. The molecule has 4 nitrogen and oxygen atoms in total. The van der Waals surface area contributed by atoms with Crippen LogP contribution in [-0.4, -0.2) is 32.4 Å². The van der Waals surface area contributed by atoms with Crippen molar-refractivity contribution >= 4 is 68.8 Å². The minimum absolute atomic E-state index is 0.399. The van der Waals surface area contributed by atoms with Gasteiger partial charge in [-0.3, -0.25) is 0 Å². The van der Waals surface area contributed by atoms with Crippen LogP contribution in [0, 0.1) is 0 Å². The lowest BCUT2D eigenvalue weighted by Crippen LogP contribution is -1.93. The average molecular weight is 343 g/mol. The molecular formula is C12H8Cl2N4S2. The molecule has 0 aliphatic rings. The lowest BCUT2D eigenvalue weighted by molar-refractivity contribution is 1.11. The molecule has 0 spiro atoms. The van der Waals surface area contributed by atoms with Crippen LogP contribution in [0.2, 0.25) is 10.3 Å². The SMILES string of the molecule is CSc1nc2cc3nc(Cl)c(SC)nc3cc2nc1Cl. The maximum atomic E-state index is 6.08. The van der Waals surface area contributed by atoms with Crippen LogP contribution < -0.4 is 0 Å². The van der Waals surface area contributed by atoms with Gasteiger partial charge in [0.15, 0.2) is 10.3 Å². The Hall–Kier alpha value is -0.820. The molecule has 3 rings (SSSR count). The van der Waals surface area contributed by atoms with Crippen LogP contribution in [0.4, 0.5) is 0 Å². The van der Waals surface area contributed by atoms with Crippen molar-refractivity contribution in [1.29, 1.82) is 0 Å². The third kappa shape index (κ3) is 2.41. The molecule has 0 saturated carbocycles. The predicted octanol–water partition coefficient (Wildman–Crippen LogP) is 4.32. The van der Waals surface area contributed by atoms with Gasteiger partial charge in [-0.15, -0.1) is 23.5 Å². The maximum Gasteiger partial charge on any atom is 0.161 e. The van der Waals surface area contributed by atoms with Crippen LogP contribution in [0.1, 0.15) is 0 Å². The largest absolute Gasteiger partial charge is 0.236 e. The first-order valence-electron chi connectivity index (χ1n) is 5.55. The van der Waals surface area contributed by atoms with E-state index in [2.05, 4.69) is 19.9 Å². The molecule has 0 saturated heterocycles. The molecule has 0 N–H and O–H groups in total. The summed E-state index contributed by atoms with van der Waals surface area (Å²) in [7, 11) is 0. The van der Waals surface area contributed by atoms with Gasteiger partial charge < -0.3 is 0 Å². The Morgan fingerprint density at radius 1 is 0.700 bits per heavy atom.